The van der Waals surface area contributed by atoms with Crippen molar-refractivity contribution in [1.29, 1.82) is 0 Å². The molecule has 3 rings (SSSR count). The number of rotatable bonds is 5. The van der Waals surface area contributed by atoms with Crippen LogP contribution in [0.3, 0.4) is 0 Å². The fraction of sp³-hybridized carbons (Fsp3) is 0.263. The summed E-state index contributed by atoms with van der Waals surface area (Å²) in [6.07, 6.45) is 2.16. The molecule has 2 aromatic rings. The van der Waals surface area contributed by atoms with Crippen LogP contribution in [-0.4, -0.2) is 39.5 Å². The highest BCUT2D eigenvalue weighted by Gasteiger charge is 2.34. The fourth-order valence-electron chi connectivity index (χ4n) is 3.01. The van der Waals surface area contributed by atoms with Gasteiger partial charge in [-0.15, -0.1) is 0 Å². The Balaban J connectivity index is 1.67. The Hall–Kier alpha value is -1.96. The Morgan fingerprint density at radius 2 is 1.35 bits per heavy atom. The number of nitrogens with zero attached hydrogens (tertiary/aromatic N) is 1. The average Bonchev–Trinajstić information content (AvgIpc) is 2.68. The first-order valence-corrected chi connectivity index (χ1v) is 11.5. The molecular weight excluding hydrogens is 370 g/mol. The lowest BCUT2D eigenvalue weighted by Crippen LogP contribution is -2.41. The zero-order valence-electron chi connectivity index (χ0n) is 14.2. The molecule has 0 bridgehead atoms. The number of benzene rings is 2. The van der Waals surface area contributed by atoms with Crippen LogP contribution in [0.5, 0.6) is 0 Å². The Morgan fingerprint density at radius 1 is 0.808 bits per heavy atom. The van der Waals surface area contributed by atoms with Crippen LogP contribution in [0.25, 0.3) is 6.08 Å². The third-order valence-electron chi connectivity index (χ3n) is 4.50. The van der Waals surface area contributed by atoms with Crippen LogP contribution in [0.2, 0.25) is 0 Å². The minimum absolute atomic E-state index is 0.207. The van der Waals surface area contributed by atoms with Crippen molar-refractivity contribution in [3.8, 4) is 0 Å². The lowest BCUT2D eigenvalue weighted by atomic mass is 10.2. The average molecular weight is 392 g/mol. The maximum atomic E-state index is 12.7. The van der Waals surface area contributed by atoms with Crippen LogP contribution in [-0.2, 0) is 19.9 Å². The fourth-order valence-corrected chi connectivity index (χ4v) is 5.99. The third kappa shape index (κ3) is 4.23. The van der Waals surface area contributed by atoms with Gasteiger partial charge in [-0.2, -0.15) is 4.31 Å². The second-order valence-electron chi connectivity index (χ2n) is 6.21. The smallest absolute Gasteiger partial charge is 0.223 e. The summed E-state index contributed by atoms with van der Waals surface area (Å²) in [6.45, 7) is 0.413. The van der Waals surface area contributed by atoms with Crippen LogP contribution in [0, 0.1) is 0 Å². The molecule has 0 spiro atoms. The molecule has 0 amide bonds. The summed E-state index contributed by atoms with van der Waals surface area (Å²) in [4.78, 5) is 0.297. The summed E-state index contributed by atoms with van der Waals surface area (Å²) in [5.74, 6) is 0. The number of sulfonamides is 1. The summed E-state index contributed by atoms with van der Waals surface area (Å²) in [6, 6.07) is 17.5. The van der Waals surface area contributed by atoms with E-state index in [4.69, 9.17) is 0 Å². The second-order valence-corrected chi connectivity index (χ2v) is 10.3. The molecule has 7 heteroatoms. The molecule has 0 saturated carbocycles. The molecule has 0 N–H and O–H groups in total. The van der Waals surface area contributed by atoms with Gasteiger partial charge in [0, 0.05) is 18.5 Å². The van der Waals surface area contributed by atoms with Crippen molar-refractivity contribution in [2.45, 2.75) is 23.0 Å². The van der Waals surface area contributed by atoms with E-state index in [2.05, 4.69) is 0 Å². The van der Waals surface area contributed by atoms with Crippen LogP contribution in [0.15, 0.2) is 71.0 Å². The first kappa shape index (κ1) is 18.8. The van der Waals surface area contributed by atoms with E-state index in [-0.39, 0.29) is 13.1 Å². The SMILES string of the molecule is O=S(=O)(c1ccccc1)C1CCN(S(=O)(=O)/C=C/c2ccccc2)CC1. The molecule has 0 unspecified atom stereocenters. The molecule has 26 heavy (non-hydrogen) atoms. The Bertz CT molecular complexity index is 961. The molecule has 1 aliphatic heterocycles. The molecule has 1 aliphatic rings. The Morgan fingerprint density at radius 3 is 1.92 bits per heavy atom. The van der Waals surface area contributed by atoms with E-state index in [0.717, 1.165) is 5.56 Å². The number of hydrogen-bond acceptors (Lipinski definition) is 4. The van der Waals surface area contributed by atoms with E-state index in [0.29, 0.717) is 17.7 Å². The van der Waals surface area contributed by atoms with Crippen molar-refractivity contribution in [3.63, 3.8) is 0 Å². The summed E-state index contributed by atoms with van der Waals surface area (Å²) in [7, 11) is -6.98. The van der Waals surface area contributed by atoms with Crippen molar-refractivity contribution in [3.05, 3.63) is 71.6 Å². The predicted molar refractivity (Wildman–Crippen MR) is 103 cm³/mol. The molecule has 1 saturated heterocycles. The first-order chi connectivity index (χ1) is 12.4. The van der Waals surface area contributed by atoms with Crippen LogP contribution in [0.4, 0.5) is 0 Å². The number of hydrogen-bond donors (Lipinski definition) is 0. The van der Waals surface area contributed by atoms with Gasteiger partial charge >= 0.3 is 0 Å². The minimum atomic E-state index is -3.56. The summed E-state index contributed by atoms with van der Waals surface area (Å²) < 4.78 is 51.6. The van der Waals surface area contributed by atoms with E-state index < -0.39 is 25.1 Å². The van der Waals surface area contributed by atoms with E-state index >= 15 is 0 Å². The molecule has 0 aromatic heterocycles. The van der Waals surface area contributed by atoms with Crippen LogP contribution >= 0.6 is 0 Å². The number of piperidine rings is 1. The van der Waals surface area contributed by atoms with E-state index in [9.17, 15) is 16.8 Å². The van der Waals surface area contributed by atoms with Gasteiger partial charge in [0.05, 0.1) is 10.1 Å². The standard InChI is InChI=1S/C19H21NO4S2/c21-25(22,16-13-17-7-3-1-4-8-17)20-14-11-19(12-15-20)26(23,24)18-9-5-2-6-10-18/h1-10,13,16,19H,11-12,14-15H2/b16-13+. The number of sulfone groups is 1. The molecule has 0 radical (unpaired) electrons. The molecule has 138 valence electrons. The normalized spacial score (nSPS) is 17.5. The van der Waals surface area contributed by atoms with Crippen molar-refractivity contribution in [1.82, 2.24) is 4.31 Å². The molecule has 5 nitrogen and oxygen atoms in total. The van der Waals surface area contributed by atoms with E-state index in [1.54, 1.807) is 36.4 Å². The Labute approximate surface area is 154 Å². The van der Waals surface area contributed by atoms with Gasteiger partial charge in [0.2, 0.25) is 10.0 Å². The Kier molecular flexibility index (Phi) is 5.60. The lowest BCUT2D eigenvalue weighted by Gasteiger charge is -2.30. The third-order valence-corrected chi connectivity index (χ3v) is 8.35. The van der Waals surface area contributed by atoms with Crippen molar-refractivity contribution in [2.75, 3.05) is 13.1 Å². The zero-order valence-corrected chi connectivity index (χ0v) is 15.9. The maximum absolute atomic E-state index is 12.7. The highest BCUT2D eigenvalue weighted by Crippen LogP contribution is 2.26. The maximum Gasteiger partial charge on any atom is 0.236 e. The van der Waals surface area contributed by atoms with Gasteiger partial charge in [-0.3, -0.25) is 0 Å². The van der Waals surface area contributed by atoms with E-state index in [1.807, 2.05) is 30.3 Å². The predicted octanol–water partition coefficient (Wildman–Crippen LogP) is 2.93. The topological polar surface area (TPSA) is 71.5 Å². The van der Waals surface area contributed by atoms with Gasteiger partial charge in [-0.1, -0.05) is 48.5 Å². The van der Waals surface area contributed by atoms with Gasteiger partial charge in [-0.05, 0) is 36.6 Å². The van der Waals surface area contributed by atoms with Gasteiger partial charge in [0.15, 0.2) is 9.84 Å². The van der Waals surface area contributed by atoms with Gasteiger partial charge in [0.25, 0.3) is 0 Å². The zero-order chi connectivity index (χ0) is 18.6. The largest absolute Gasteiger partial charge is 0.236 e. The van der Waals surface area contributed by atoms with Crippen molar-refractivity contribution in [2.24, 2.45) is 0 Å². The van der Waals surface area contributed by atoms with Gasteiger partial charge < -0.3 is 0 Å². The molecule has 1 fully saturated rings. The summed E-state index contributed by atoms with van der Waals surface area (Å²) >= 11 is 0. The highest BCUT2D eigenvalue weighted by atomic mass is 32.2. The first-order valence-electron chi connectivity index (χ1n) is 8.42. The van der Waals surface area contributed by atoms with Crippen LogP contribution < -0.4 is 0 Å². The minimum Gasteiger partial charge on any atom is -0.223 e. The quantitative estimate of drug-likeness (QED) is 0.786. The van der Waals surface area contributed by atoms with E-state index in [1.165, 1.54) is 9.71 Å². The molecule has 0 aliphatic carbocycles. The van der Waals surface area contributed by atoms with Crippen LogP contribution in [0.1, 0.15) is 18.4 Å². The summed E-state index contributed by atoms with van der Waals surface area (Å²) in [5, 5.41) is 0.642. The monoisotopic (exact) mass is 391 g/mol. The second kappa shape index (κ2) is 7.73. The molecule has 0 atom stereocenters. The van der Waals surface area contributed by atoms with Crippen molar-refractivity contribution >= 4 is 25.9 Å². The molecular formula is C19H21NO4S2. The summed E-state index contributed by atoms with van der Waals surface area (Å²) in [5.41, 5.74) is 0.803. The van der Waals surface area contributed by atoms with Gasteiger partial charge in [-0.25, -0.2) is 16.8 Å². The molecule has 2 aromatic carbocycles. The molecule has 1 heterocycles. The van der Waals surface area contributed by atoms with Crippen molar-refractivity contribution < 1.29 is 16.8 Å². The lowest BCUT2D eigenvalue weighted by molar-refractivity contribution is 0.349. The highest BCUT2D eigenvalue weighted by molar-refractivity contribution is 7.92. The van der Waals surface area contributed by atoms with Gasteiger partial charge in [0.1, 0.15) is 0 Å².